The van der Waals surface area contributed by atoms with Crippen LogP contribution in [-0.2, 0) is 6.42 Å². The Morgan fingerprint density at radius 2 is 2.18 bits per heavy atom. The van der Waals surface area contributed by atoms with Crippen molar-refractivity contribution in [3.8, 4) is 23.3 Å². The van der Waals surface area contributed by atoms with Crippen molar-refractivity contribution >= 4 is 10.9 Å². The van der Waals surface area contributed by atoms with E-state index in [0.717, 1.165) is 29.5 Å². The van der Waals surface area contributed by atoms with Crippen LogP contribution in [0.5, 0.6) is 5.75 Å². The number of nitriles is 1. The van der Waals surface area contributed by atoms with Gasteiger partial charge >= 0.3 is 0 Å². The van der Waals surface area contributed by atoms with Gasteiger partial charge in [0.05, 0.1) is 23.3 Å². The number of hydrogen-bond donors (Lipinski definition) is 1. The largest absolute Gasteiger partial charge is 0.485 e. The molecule has 5 rings (SSSR count). The van der Waals surface area contributed by atoms with Crippen molar-refractivity contribution in [1.29, 1.82) is 5.26 Å². The van der Waals surface area contributed by atoms with Crippen molar-refractivity contribution in [3.05, 3.63) is 65.7 Å². The molecule has 1 aliphatic rings. The second kappa shape index (κ2) is 6.54. The lowest BCUT2D eigenvalue weighted by atomic mass is 9.81. The Balaban J connectivity index is 1.52. The Hall–Kier alpha value is -3.59. The standard InChI is InChI=1S/C22H18N4O2/c1-13-2-4-15-8-14(10-23)3-6-17(15)22(13)28-16-5-7-19-18(9-16)21(26-25-19)20-11-24-12-27-20/h3,5-9,11-13,22H,2,4H2,1H3,(H,25,26)/t13-,22-/m0/s1. The van der Waals surface area contributed by atoms with Gasteiger partial charge in [0.1, 0.15) is 17.5 Å². The minimum atomic E-state index is -0.0467. The highest BCUT2D eigenvalue weighted by atomic mass is 16.5. The van der Waals surface area contributed by atoms with Crippen molar-refractivity contribution < 1.29 is 9.15 Å². The zero-order chi connectivity index (χ0) is 19.1. The average Bonchev–Trinajstić information content (AvgIpc) is 3.39. The summed E-state index contributed by atoms with van der Waals surface area (Å²) < 4.78 is 11.8. The Kier molecular flexibility index (Phi) is 3.87. The molecular formula is C22H18N4O2. The molecule has 6 nitrogen and oxygen atoms in total. The lowest BCUT2D eigenvalue weighted by Crippen LogP contribution is -2.23. The highest BCUT2D eigenvalue weighted by Gasteiger charge is 2.28. The van der Waals surface area contributed by atoms with Gasteiger partial charge in [0.15, 0.2) is 12.2 Å². The maximum atomic E-state index is 9.17. The third-order valence-corrected chi connectivity index (χ3v) is 5.43. The molecule has 1 N–H and O–H groups in total. The molecule has 138 valence electrons. The molecule has 2 aromatic heterocycles. The van der Waals surface area contributed by atoms with Gasteiger partial charge < -0.3 is 9.15 Å². The van der Waals surface area contributed by atoms with Crippen LogP contribution >= 0.6 is 0 Å². The number of aryl methyl sites for hydroxylation is 1. The van der Waals surface area contributed by atoms with E-state index in [1.54, 1.807) is 6.20 Å². The third-order valence-electron chi connectivity index (χ3n) is 5.43. The first-order chi connectivity index (χ1) is 13.7. The number of hydrogen-bond acceptors (Lipinski definition) is 5. The van der Waals surface area contributed by atoms with Gasteiger partial charge in [-0.3, -0.25) is 5.10 Å². The van der Waals surface area contributed by atoms with Gasteiger partial charge in [0.2, 0.25) is 0 Å². The quantitative estimate of drug-likeness (QED) is 0.560. The van der Waals surface area contributed by atoms with Gasteiger partial charge in [-0.05, 0) is 60.2 Å². The molecule has 28 heavy (non-hydrogen) atoms. The van der Waals surface area contributed by atoms with Gasteiger partial charge in [0.25, 0.3) is 0 Å². The molecule has 0 radical (unpaired) electrons. The average molecular weight is 370 g/mol. The van der Waals surface area contributed by atoms with E-state index in [9.17, 15) is 5.26 Å². The fourth-order valence-corrected chi connectivity index (χ4v) is 3.92. The third kappa shape index (κ3) is 2.72. The summed E-state index contributed by atoms with van der Waals surface area (Å²) in [7, 11) is 0. The molecule has 0 saturated heterocycles. The molecule has 0 spiro atoms. The van der Waals surface area contributed by atoms with Crippen molar-refractivity contribution in [2.45, 2.75) is 25.9 Å². The maximum absolute atomic E-state index is 9.17. The van der Waals surface area contributed by atoms with E-state index < -0.39 is 0 Å². The second-order valence-corrected chi connectivity index (χ2v) is 7.23. The zero-order valence-corrected chi connectivity index (χ0v) is 15.3. The normalized spacial score (nSPS) is 18.6. The monoisotopic (exact) mass is 370 g/mol. The Morgan fingerprint density at radius 1 is 1.25 bits per heavy atom. The number of nitrogens with zero attached hydrogens (tertiary/aromatic N) is 3. The molecule has 2 heterocycles. The summed E-state index contributed by atoms with van der Waals surface area (Å²) >= 11 is 0. The molecule has 4 aromatic rings. The van der Waals surface area contributed by atoms with Crippen molar-refractivity contribution in [2.75, 3.05) is 0 Å². The summed E-state index contributed by atoms with van der Waals surface area (Å²) in [5.74, 6) is 1.78. The number of nitrogens with one attached hydrogen (secondary N) is 1. The molecule has 0 fully saturated rings. The molecular weight excluding hydrogens is 352 g/mol. The van der Waals surface area contributed by atoms with E-state index in [2.05, 4.69) is 28.2 Å². The number of H-pyrrole nitrogens is 1. The first kappa shape index (κ1) is 16.6. The molecule has 6 heteroatoms. The van der Waals surface area contributed by atoms with E-state index in [-0.39, 0.29) is 6.10 Å². The summed E-state index contributed by atoms with van der Waals surface area (Å²) in [5, 5.41) is 17.5. The Morgan fingerprint density at radius 3 is 3.00 bits per heavy atom. The van der Waals surface area contributed by atoms with Crippen LogP contribution in [0.3, 0.4) is 0 Å². The van der Waals surface area contributed by atoms with Crippen LogP contribution in [0.15, 0.2) is 53.4 Å². The molecule has 0 amide bonds. The fraction of sp³-hybridized carbons (Fsp3) is 0.227. The number of fused-ring (bicyclic) bond motifs is 2. The number of oxazole rings is 1. The lowest BCUT2D eigenvalue weighted by Gasteiger charge is -2.32. The smallest absolute Gasteiger partial charge is 0.181 e. The van der Waals surface area contributed by atoms with Crippen LogP contribution in [-0.4, -0.2) is 15.2 Å². The summed E-state index contributed by atoms with van der Waals surface area (Å²) in [5.41, 5.74) is 4.70. The first-order valence-electron chi connectivity index (χ1n) is 9.29. The SMILES string of the molecule is C[C@H]1CCc2cc(C#N)ccc2[C@H]1Oc1ccc2[nH]nc(-c3cnco3)c2c1. The van der Waals surface area contributed by atoms with Crippen LogP contribution < -0.4 is 4.74 Å². The molecule has 2 atom stereocenters. The molecule has 0 unspecified atom stereocenters. The molecule has 0 aliphatic heterocycles. The van der Waals surface area contributed by atoms with E-state index in [0.29, 0.717) is 22.9 Å². The molecule has 0 bridgehead atoms. The Bertz CT molecular complexity index is 1190. The van der Waals surface area contributed by atoms with Crippen LogP contribution in [0, 0.1) is 17.2 Å². The van der Waals surface area contributed by atoms with Gasteiger partial charge in [-0.25, -0.2) is 4.98 Å². The Labute approximate surface area is 161 Å². The second-order valence-electron chi connectivity index (χ2n) is 7.23. The van der Waals surface area contributed by atoms with Crippen molar-refractivity contribution in [2.24, 2.45) is 5.92 Å². The van der Waals surface area contributed by atoms with Crippen LogP contribution in [0.4, 0.5) is 0 Å². The van der Waals surface area contributed by atoms with Crippen molar-refractivity contribution in [1.82, 2.24) is 15.2 Å². The number of benzene rings is 2. The van der Waals surface area contributed by atoms with Crippen molar-refractivity contribution in [3.63, 3.8) is 0 Å². The van der Waals surface area contributed by atoms with Gasteiger partial charge in [-0.2, -0.15) is 10.4 Å². The van der Waals surface area contributed by atoms with Crippen LogP contribution in [0.25, 0.3) is 22.4 Å². The number of ether oxygens (including phenoxy) is 1. The number of aromatic nitrogens is 3. The fourth-order valence-electron chi connectivity index (χ4n) is 3.92. The lowest BCUT2D eigenvalue weighted by molar-refractivity contribution is 0.129. The predicted octanol–water partition coefficient (Wildman–Crippen LogP) is 4.79. The van der Waals surface area contributed by atoms with E-state index in [4.69, 9.17) is 9.15 Å². The summed E-state index contributed by atoms with van der Waals surface area (Å²) in [4.78, 5) is 3.98. The number of aromatic amines is 1. The highest BCUT2D eigenvalue weighted by molar-refractivity contribution is 5.92. The number of rotatable bonds is 3. The minimum absolute atomic E-state index is 0.0467. The van der Waals surface area contributed by atoms with Crippen LogP contribution in [0.1, 0.15) is 36.1 Å². The zero-order valence-electron chi connectivity index (χ0n) is 15.3. The molecule has 1 aliphatic carbocycles. The summed E-state index contributed by atoms with van der Waals surface area (Å²) in [6.07, 6.45) is 5.00. The molecule has 0 saturated carbocycles. The summed E-state index contributed by atoms with van der Waals surface area (Å²) in [6, 6.07) is 14.0. The summed E-state index contributed by atoms with van der Waals surface area (Å²) in [6.45, 7) is 2.21. The molecule has 2 aromatic carbocycles. The van der Waals surface area contributed by atoms with Gasteiger partial charge in [-0.15, -0.1) is 0 Å². The maximum Gasteiger partial charge on any atom is 0.181 e. The van der Waals surface area contributed by atoms with E-state index in [1.807, 2.05) is 36.4 Å². The van der Waals surface area contributed by atoms with Gasteiger partial charge in [-0.1, -0.05) is 13.0 Å². The van der Waals surface area contributed by atoms with E-state index in [1.165, 1.54) is 17.5 Å². The van der Waals surface area contributed by atoms with E-state index >= 15 is 0 Å². The topological polar surface area (TPSA) is 87.7 Å². The van der Waals surface area contributed by atoms with Gasteiger partial charge in [0, 0.05) is 5.39 Å². The minimum Gasteiger partial charge on any atom is -0.485 e. The predicted molar refractivity (Wildman–Crippen MR) is 104 cm³/mol. The van der Waals surface area contributed by atoms with Crippen LogP contribution in [0.2, 0.25) is 0 Å². The first-order valence-corrected chi connectivity index (χ1v) is 9.29. The highest BCUT2D eigenvalue weighted by Crippen LogP contribution is 2.39.